The van der Waals surface area contributed by atoms with E-state index in [-0.39, 0.29) is 6.04 Å². The molecule has 6 nitrogen and oxygen atoms in total. The number of aryl methyl sites for hydroxylation is 1. The first-order chi connectivity index (χ1) is 17.7. The first-order valence-electron chi connectivity index (χ1n) is 12.6. The molecule has 3 aromatic heterocycles. The van der Waals surface area contributed by atoms with Crippen molar-refractivity contribution in [2.75, 3.05) is 13.2 Å². The Labute approximate surface area is 209 Å². The van der Waals surface area contributed by atoms with Gasteiger partial charge in [0.2, 0.25) is 0 Å². The zero-order valence-corrected chi connectivity index (χ0v) is 20.4. The SMILES string of the molecule is Cc1cccc2c1nc1n2[C@@H](CN(Cc2c[nH]c3ccccc23)Cc2c[nH]c3ccccc23)COC1. The smallest absolute Gasteiger partial charge is 0.136 e. The maximum Gasteiger partial charge on any atom is 0.136 e. The van der Waals surface area contributed by atoms with Gasteiger partial charge in [0.25, 0.3) is 0 Å². The molecule has 0 saturated carbocycles. The van der Waals surface area contributed by atoms with Crippen molar-refractivity contribution in [2.24, 2.45) is 0 Å². The highest BCUT2D eigenvalue weighted by atomic mass is 16.5. The second-order valence-electron chi connectivity index (χ2n) is 9.90. The summed E-state index contributed by atoms with van der Waals surface area (Å²) in [6.45, 7) is 5.95. The molecule has 1 atom stereocenters. The molecule has 1 aliphatic heterocycles. The zero-order chi connectivity index (χ0) is 24.1. The summed E-state index contributed by atoms with van der Waals surface area (Å²) < 4.78 is 8.49. The number of imidazole rings is 1. The molecule has 1 aliphatic rings. The van der Waals surface area contributed by atoms with Gasteiger partial charge in [-0.3, -0.25) is 4.90 Å². The van der Waals surface area contributed by atoms with Crippen molar-refractivity contribution in [3.8, 4) is 0 Å². The molecule has 0 aliphatic carbocycles. The van der Waals surface area contributed by atoms with Crippen molar-refractivity contribution in [3.63, 3.8) is 0 Å². The molecular weight excluding hydrogens is 446 g/mol. The molecule has 0 saturated heterocycles. The van der Waals surface area contributed by atoms with Gasteiger partial charge in [-0.25, -0.2) is 4.98 Å². The highest BCUT2D eigenvalue weighted by molar-refractivity contribution is 5.84. The van der Waals surface area contributed by atoms with E-state index in [9.17, 15) is 0 Å². The first kappa shape index (κ1) is 21.4. The molecule has 4 heterocycles. The molecule has 0 radical (unpaired) electrons. The van der Waals surface area contributed by atoms with Gasteiger partial charge in [0, 0.05) is 53.8 Å². The first-order valence-corrected chi connectivity index (χ1v) is 12.6. The van der Waals surface area contributed by atoms with Crippen LogP contribution in [-0.4, -0.2) is 37.6 Å². The summed E-state index contributed by atoms with van der Waals surface area (Å²) in [5.74, 6) is 1.02. The molecule has 180 valence electrons. The van der Waals surface area contributed by atoms with Gasteiger partial charge in [0.1, 0.15) is 12.4 Å². The maximum atomic E-state index is 6.07. The van der Waals surface area contributed by atoms with Crippen LogP contribution >= 0.6 is 0 Å². The lowest BCUT2D eigenvalue weighted by Gasteiger charge is -2.32. The van der Waals surface area contributed by atoms with E-state index < -0.39 is 0 Å². The van der Waals surface area contributed by atoms with E-state index >= 15 is 0 Å². The van der Waals surface area contributed by atoms with Gasteiger partial charge in [-0.2, -0.15) is 0 Å². The zero-order valence-electron chi connectivity index (χ0n) is 20.4. The summed E-state index contributed by atoms with van der Waals surface area (Å²) >= 11 is 0. The lowest BCUT2D eigenvalue weighted by molar-refractivity contribution is 0.0403. The van der Waals surface area contributed by atoms with Crippen LogP contribution in [0.25, 0.3) is 32.8 Å². The fraction of sp³-hybridized carbons (Fsp3) is 0.233. The standard InChI is InChI=1S/C30H29N5O/c1-20-7-6-12-28-30(20)33-29-19-36-18-23(35(28)29)17-34(15-21-13-31-26-10-4-2-8-24(21)26)16-22-14-32-27-11-5-3-9-25(22)27/h2-14,23,31-32H,15-19H2,1H3/t23-/m0/s1. The minimum atomic E-state index is 0.191. The van der Waals surface area contributed by atoms with Gasteiger partial charge in [-0.1, -0.05) is 48.5 Å². The number of rotatable bonds is 6. The largest absolute Gasteiger partial charge is 0.371 e. The van der Waals surface area contributed by atoms with Crippen LogP contribution in [0.4, 0.5) is 0 Å². The Balaban J connectivity index is 1.27. The summed E-state index contributed by atoms with van der Waals surface area (Å²) in [6.07, 6.45) is 4.32. The molecule has 0 amide bonds. The minimum absolute atomic E-state index is 0.191. The number of hydrogen-bond acceptors (Lipinski definition) is 3. The second-order valence-corrected chi connectivity index (χ2v) is 9.90. The van der Waals surface area contributed by atoms with Crippen molar-refractivity contribution >= 4 is 32.8 Å². The Morgan fingerprint density at radius 3 is 2.25 bits per heavy atom. The van der Waals surface area contributed by atoms with E-state index in [4.69, 9.17) is 9.72 Å². The van der Waals surface area contributed by atoms with Crippen molar-refractivity contribution in [2.45, 2.75) is 32.7 Å². The molecule has 0 spiro atoms. The van der Waals surface area contributed by atoms with Crippen molar-refractivity contribution in [1.29, 1.82) is 0 Å². The third-order valence-corrected chi connectivity index (χ3v) is 7.51. The van der Waals surface area contributed by atoms with E-state index in [1.165, 1.54) is 44.0 Å². The number of H-pyrrole nitrogens is 2. The third-order valence-electron chi connectivity index (χ3n) is 7.51. The Morgan fingerprint density at radius 1 is 0.889 bits per heavy atom. The number of hydrogen-bond donors (Lipinski definition) is 2. The monoisotopic (exact) mass is 475 g/mol. The summed E-state index contributed by atoms with van der Waals surface area (Å²) in [6, 6.07) is 23.8. The average Bonchev–Trinajstić information content (AvgIpc) is 3.61. The van der Waals surface area contributed by atoms with Crippen LogP contribution in [0.2, 0.25) is 0 Å². The summed E-state index contributed by atoms with van der Waals surface area (Å²) in [4.78, 5) is 14.4. The van der Waals surface area contributed by atoms with Gasteiger partial charge < -0.3 is 19.3 Å². The summed E-state index contributed by atoms with van der Waals surface area (Å²) in [5.41, 5.74) is 8.49. The van der Waals surface area contributed by atoms with Gasteiger partial charge in [-0.15, -0.1) is 0 Å². The predicted molar refractivity (Wildman–Crippen MR) is 144 cm³/mol. The topological polar surface area (TPSA) is 61.9 Å². The van der Waals surface area contributed by atoms with Crippen LogP contribution in [-0.2, 0) is 24.4 Å². The highest BCUT2D eigenvalue weighted by Crippen LogP contribution is 2.30. The minimum Gasteiger partial charge on any atom is -0.371 e. The highest BCUT2D eigenvalue weighted by Gasteiger charge is 2.27. The van der Waals surface area contributed by atoms with Crippen LogP contribution in [0.3, 0.4) is 0 Å². The molecule has 2 N–H and O–H groups in total. The Morgan fingerprint density at radius 2 is 1.56 bits per heavy atom. The Bertz CT molecular complexity index is 1610. The number of benzene rings is 3. The summed E-state index contributed by atoms with van der Waals surface area (Å²) in [5, 5.41) is 2.57. The lowest BCUT2D eigenvalue weighted by Crippen LogP contribution is -2.35. The van der Waals surface area contributed by atoms with Crippen LogP contribution in [0.1, 0.15) is 28.6 Å². The van der Waals surface area contributed by atoms with Crippen LogP contribution in [0, 0.1) is 6.92 Å². The molecule has 0 fully saturated rings. The van der Waals surface area contributed by atoms with E-state index in [0.29, 0.717) is 13.2 Å². The van der Waals surface area contributed by atoms with Gasteiger partial charge in [-0.05, 0) is 41.8 Å². The van der Waals surface area contributed by atoms with E-state index in [1.807, 2.05) is 0 Å². The average molecular weight is 476 g/mol. The van der Waals surface area contributed by atoms with E-state index in [2.05, 4.69) is 105 Å². The van der Waals surface area contributed by atoms with Crippen molar-refractivity contribution in [1.82, 2.24) is 24.4 Å². The summed E-state index contributed by atoms with van der Waals surface area (Å²) in [7, 11) is 0. The molecule has 36 heavy (non-hydrogen) atoms. The fourth-order valence-electron chi connectivity index (χ4n) is 5.80. The lowest BCUT2D eigenvalue weighted by atomic mass is 10.1. The van der Waals surface area contributed by atoms with Crippen LogP contribution in [0.5, 0.6) is 0 Å². The molecular formula is C30H29N5O. The van der Waals surface area contributed by atoms with Crippen molar-refractivity contribution in [3.05, 3.63) is 102 Å². The molecule has 6 heteroatoms. The quantitative estimate of drug-likeness (QED) is 0.307. The molecule has 6 aromatic rings. The Kier molecular flexibility index (Phi) is 5.15. The van der Waals surface area contributed by atoms with Gasteiger partial charge in [0.05, 0.1) is 23.7 Å². The molecule has 0 bridgehead atoms. The molecule has 3 aromatic carbocycles. The normalized spacial score (nSPS) is 15.9. The molecule has 7 rings (SSSR count). The Hall–Kier alpha value is -3.87. The van der Waals surface area contributed by atoms with Gasteiger partial charge >= 0.3 is 0 Å². The number of para-hydroxylation sites is 3. The van der Waals surface area contributed by atoms with Gasteiger partial charge in [0.15, 0.2) is 0 Å². The fourth-order valence-corrected chi connectivity index (χ4v) is 5.80. The second kappa shape index (κ2) is 8.66. The number of nitrogens with one attached hydrogen (secondary N) is 2. The number of aromatic nitrogens is 4. The third kappa shape index (κ3) is 3.61. The molecule has 0 unspecified atom stereocenters. The van der Waals surface area contributed by atoms with E-state index in [1.54, 1.807) is 0 Å². The van der Waals surface area contributed by atoms with Crippen LogP contribution < -0.4 is 0 Å². The maximum absolute atomic E-state index is 6.07. The predicted octanol–water partition coefficient (Wildman–Crippen LogP) is 6.08. The van der Waals surface area contributed by atoms with Crippen molar-refractivity contribution < 1.29 is 4.74 Å². The number of aromatic amines is 2. The number of nitrogens with zero attached hydrogens (tertiary/aromatic N) is 3. The van der Waals surface area contributed by atoms with E-state index in [0.717, 1.165) is 31.0 Å². The van der Waals surface area contributed by atoms with Crippen LogP contribution in [0.15, 0.2) is 79.1 Å². The number of fused-ring (bicyclic) bond motifs is 5. The number of ether oxygens (including phenoxy) is 1.